The minimum Gasteiger partial charge on any atom is -0.0988 e. The van der Waals surface area contributed by atoms with Crippen LogP contribution >= 0.6 is 0 Å². The molecule has 1 aromatic rings. The van der Waals surface area contributed by atoms with E-state index in [0.717, 1.165) is 6.42 Å². The first-order valence-electron chi connectivity index (χ1n) is 6.33. The second kappa shape index (κ2) is 5.18. The quantitative estimate of drug-likeness (QED) is 0.677. The summed E-state index contributed by atoms with van der Waals surface area (Å²) in [5.74, 6) is 0.428. The average molecular weight is 224 g/mol. The maximum atomic E-state index is 3.97. The van der Waals surface area contributed by atoms with Crippen LogP contribution in [-0.2, 0) is 6.42 Å². The van der Waals surface area contributed by atoms with Gasteiger partial charge in [-0.25, -0.2) is 0 Å². The Bertz CT molecular complexity index is 463. The van der Waals surface area contributed by atoms with Gasteiger partial charge in [-0.3, -0.25) is 0 Å². The molecule has 1 atom stereocenters. The van der Waals surface area contributed by atoms with Crippen LogP contribution in [0.25, 0.3) is 0 Å². The zero-order chi connectivity index (χ0) is 12.3. The van der Waals surface area contributed by atoms with Crippen molar-refractivity contribution in [3.8, 4) is 0 Å². The summed E-state index contributed by atoms with van der Waals surface area (Å²) in [5.41, 5.74) is 5.64. The lowest BCUT2D eigenvalue weighted by Crippen LogP contribution is -2.07. The second-order valence-electron chi connectivity index (χ2n) is 4.66. The van der Waals surface area contributed by atoms with E-state index in [1.807, 2.05) is 12.2 Å². The molecule has 0 bridgehead atoms. The van der Waals surface area contributed by atoms with E-state index in [1.54, 1.807) is 0 Å². The summed E-state index contributed by atoms with van der Waals surface area (Å²) in [4.78, 5) is 0. The molecule has 2 rings (SSSR count). The zero-order valence-electron chi connectivity index (χ0n) is 10.6. The van der Waals surface area contributed by atoms with E-state index in [2.05, 4.69) is 44.3 Å². The minimum atomic E-state index is 0.428. The molecule has 0 aromatic heterocycles. The first-order valence-corrected chi connectivity index (χ1v) is 6.33. The topological polar surface area (TPSA) is 0 Å². The van der Waals surface area contributed by atoms with Crippen molar-refractivity contribution in [3.05, 3.63) is 71.8 Å². The maximum Gasteiger partial charge on any atom is 0.00662 e. The molecule has 88 valence electrons. The fraction of sp³-hybridized carbons (Fsp3) is 0.294. The highest BCUT2D eigenvalue weighted by molar-refractivity contribution is 5.44. The van der Waals surface area contributed by atoms with Crippen molar-refractivity contribution >= 4 is 0 Å². The summed E-state index contributed by atoms with van der Waals surface area (Å²) in [6.07, 6.45) is 7.49. The molecular formula is C17H20. The molecule has 0 fully saturated rings. The number of benzene rings is 1. The number of aryl methyl sites for hydroxylation is 1. The third-order valence-electron chi connectivity index (χ3n) is 3.72. The number of allylic oxidation sites excluding steroid dienone is 4. The molecule has 0 N–H and O–H groups in total. The van der Waals surface area contributed by atoms with Gasteiger partial charge in [-0.05, 0) is 41.5 Å². The maximum absolute atomic E-state index is 3.97. The van der Waals surface area contributed by atoms with Crippen molar-refractivity contribution in [2.45, 2.75) is 32.1 Å². The van der Waals surface area contributed by atoms with Crippen molar-refractivity contribution in [2.75, 3.05) is 0 Å². The molecule has 1 aromatic carbocycles. The standard InChI is InChI=1S/C17H20/c1-4-14-10-8-11-15-9-6-7-12-17(15)13(3)16(14)5-2/h4-7,9,12-13H,1-2,8,10-11H2,3H3/b16-14-. The molecule has 1 aliphatic rings. The van der Waals surface area contributed by atoms with Crippen LogP contribution in [0.2, 0.25) is 0 Å². The predicted molar refractivity (Wildman–Crippen MR) is 75.2 cm³/mol. The third kappa shape index (κ3) is 2.26. The molecular weight excluding hydrogens is 204 g/mol. The molecule has 0 radical (unpaired) electrons. The lowest BCUT2D eigenvalue weighted by atomic mass is 9.82. The van der Waals surface area contributed by atoms with Crippen LogP contribution in [0.15, 0.2) is 60.7 Å². The Labute approximate surface area is 104 Å². The predicted octanol–water partition coefficient (Wildman–Crippen LogP) is 4.80. The minimum absolute atomic E-state index is 0.428. The molecule has 1 aliphatic carbocycles. The molecule has 17 heavy (non-hydrogen) atoms. The van der Waals surface area contributed by atoms with Gasteiger partial charge in [-0.1, -0.05) is 56.5 Å². The highest BCUT2D eigenvalue weighted by atomic mass is 14.2. The van der Waals surface area contributed by atoms with E-state index in [-0.39, 0.29) is 0 Å². The van der Waals surface area contributed by atoms with Crippen LogP contribution in [0.5, 0.6) is 0 Å². The van der Waals surface area contributed by atoms with Gasteiger partial charge in [0.25, 0.3) is 0 Å². The number of hydrogen-bond acceptors (Lipinski definition) is 0. The summed E-state index contributed by atoms with van der Waals surface area (Å²) in [6.45, 7) is 10.2. The second-order valence-corrected chi connectivity index (χ2v) is 4.66. The molecule has 0 heteroatoms. The Morgan fingerprint density at radius 1 is 1.12 bits per heavy atom. The molecule has 0 saturated heterocycles. The van der Waals surface area contributed by atoms with Gasteiger partial charge in [0.05, 0.1) is 0 Å². The van der Waals surface area contributed by atoms with Gasteiger partial charge in [-0.15, -0.1) is 0 Å². The Hall–Kier alpha value is -1.56. The average Bonchev–Trinajstić information content (AvgIpc) is 2.36. The van der Waals surface area contributed by atoms with Crippen molar-refractivity contribution in [1.82, 2.24) is 0 Å². The van der Waals surface area contributed by atoms with Gasteiger partial charge in [-0.2, -0.15) is 0 Å². The Balaban J connectivity index is 2.54. The highest BCUT2D eigenvalue weighted by Crippen LogP contribution is 2.34. The monoisotopic (exact) mass is 224 g/mol. The molecule has 0 amide bonds. The lowest BCUT2D eigenvalue weighted by molar-refractivity contribution is 0.759. The van der Waals surface area contributed by atoms with Gasteiger partial charge < -0.3 is 0 Å². The van der Waals surface area contributed by atoms with E-state index in [9.17, 15) is 0 Å². The van der Waals surface area contributed by atoms with Crippen LogP contribution in [0.1, 0.15) is 36.8 Å². The zero-order valence-corrected chi connectivity index (χ0v) is 10.6. The lowest BCUT2D eigenvalue weighted by Gasteiger charge is -2.23. The van der Waals surface area contributed by atoms with Gasteiger partial charge >= 0.3 is 0 Å². The number of fused-ring (bicyclic) bond motifs is 1. The molecule has 1 unspecified atom stereocenters. The van der Waals surface area contributed by atoms with E-state index in [4.69, 9.17) is 0 Å². The number of rotatable bonds is 2. The molecule has 0 aliphatic heterocycles. The summed E-state index contributed by atoms with van der Waals surface area (Å²) >= 11 is 0. The Kier molecular flexibility index (Phi) is 3.63. The van der Waals surface area contributed by atoms with Crippen LogP contribution in [0.3, 0.4) is 0 Å². The van der Waals surface area contributed by atoms with E-state index >= 15 is 0 Å². The van der Waals surface area contributed by atoms with E-state index in [0.29, 0.717) is 5.92 Å². The number of hydrogen-bond donors (Lipinski definition) is 0. The van der Waals surface area contributed by atoms with Crippen molar-refractivity contribution in [3.63, 3.8) is 0 Å². The van der Waals surface area contributed by atoms with Crippen molar-refractivity contribution < 1.29 is 0 Å². The first-order chi connectivity index (χ1) is 8.27. The summed E-state index contributed by atoms with van der Waals surface area (Å²) < 4.78 is 0. The normalized spacial score (nSPS) is 24.4. The molecule has 0 heterocycles. The SMILES string of the molecule is C=C/C1=C(\C=C)C(C)c2ccccc2CCC1. The first kappa shape index (κ1) is 11.9. The third-order valence-corrected chi connectivity index (χ3v) is 3.72. The van der Waals surface area contributed by atoms with Crippen LogP contribution in [-0.4, -0.2) is 0 Å². The molecule has 0 saturated carbocycles. The molecule has 0 nitrogen and oxygen atoms in total. The van der Waals surface area contributed by atoms with Gasteiger partial charge in [0, 0.05) is 5.92 Å². The van der Waals surface area contributed by atoms with Crippen LogP contribution in [0.4, 0.5) is 0 Å². The largest absolute Gasteiger partial charge is 0.0988 e. The fourth-order valence-corrected chi connectivity index (χ4v) is 2.77. The smallest absolute Gasteiger partial charge is 0.00662 e. The summed E-state index contributed by atoms with van der Waals surface area (Å²) in [7, 11) is 0. The van der Waals surface area contributed by atoms with Crippen LogP contribution < -0.4 is 0 Å². The summed E-state index contributed by atoms with van der Waals surface area (Å²) in [6, 6.07) is 8.77. The van der Waals surface area contributed by atoms with E-state index < -0.39 is 0 Å². The van der Waals surface area contributed by atoms with Crippen LogP contribution in [0, 0.1) is 0 Å². The fourth-order valence-electron chi connectivity index (χ4n) is 2.77. The summed E-state index contributed by atoms with van der Waals surface area (Å²) in [5, 5.41) is 0. The van der Waals surface area contributed by atoms with Crippen molar-refractivity contribution in [1.29, 1.82) is 0 Å². The Morgan fingerprint density at radius 3 is 2.59 bits per heavy atom. The van der Waals surface area contributed by atoms with Crippen molar-refractivity contribution in [2.24, 2.45) is 0 Å². The van der Waals surface area contributed by atoms with E-state index in [1.165, 1.54) is 35.1 Å². The van der Waals surface area contributed by atoms with Gasteiger partial charge in [0.1, 0.15) is 0 Å². The molecule has 0 spiro atoms. The Morgan fingerprint density at radius 2 is 1.88 bits per heavy atom. The van der Waals surface area contributed by atoms with Gasteiger partial charge in [0.2, 0.25) is 0 Å². The highest BCUT2D eigenvalue weighted by Gasteiger charge is 2.17. The van der Waals surface area contributed by atoms with Gasteiger partial charge in [0.15, 0.2) is 0 Å².